The largest absolute Gasteiger partial charge is 0.507 e. The summed E-state index contributed by atoms with van der Waals surface area (Å²) in [4.78, 5) is 10.0. The fourth-order valence-corrected chi connectivity index (χ4v) is 8.78. The average Bonchev–Trinajstić information content (AvgIpc) is 3.89. The van der Waals surface area contributed by atoms with Crippen molar-refractivity contribution in [2.45, 2.75) is 112 Å². The molecule has 70 heavy (non-hydrogen) atoms. The number of fused-ring (bicyclic) bond motifs is 1. The summed E-state index contributed by atoms with van der Waals surface area (Å²) in [5, 5.41) is 12.8. The molecule has 0 aliphatic heterocycles. The van der Waals surface area contributed by atoms with Gasteiger partial charge >= 0.3 is 0 Å². The molecule has 0 saturated carbocycles. The van der Waals surface area contributed by atoms with Crippen LogP contribution >= 0.6 is 0 Å². The molecule has 0 aliphatic rings. The van der Waals surface area contributed by atoms with Crippen molar-refractivity contribution in [2.24, 2.45) is 0 Å². The van der Waals surface area contributed by atoms with Crippen LogP contribution in [0.15, 0.2) is 158 Å². The molecule has 0 radical (unpaired) electrons. The Morgan fingerprint density at radius 1 is 0.557 bits per heavy atom. The van der Waals surface area contributed by atoms with Crippen LogP contribution in [0.5, 0.6) is 5.75 Å². The number of aromatic nitrogens is 3. The fraction of sp³-hybridized carbons (Fsp3) is 0.262. The van der Waals surface area contributed by atoms with Crippen LogP contribution in [0, 0.1) is 12.9 Å². The molecule has 0 atom stereocenters. The number of para-hydroxylation sites is 1. The summed E-state index contributed by atoms with van der Waals surface area (Å²) in [6, 6.07) is 34.3. The van der Waals surface area contributed by atoms with Gasteiger partial charge in [0.05, 0.1) is 33.3 Å². The minimum Gasteiger partial charge on any atom is -0.507 e. The maximum atomic E-state index is 12.8. The van der Waals surface area contributed by atoms with Gasteiger partial charge in [-0.2, -0.15) is 0 Å². The van der Waals surface area contributed by atoms with Gasteiger partial charge in [0.2, 0.25) is 0 Å². The van der Waals surface area contributed by atoms with Crippen LogP contribution in [-0.2, 0) is 42.7 Å². The van der Waals surface area contributed by atoms with Crippen LogP contribution in [0.3, 0.4) is 0 Å². The normalized spacial score (nSPS) is 14.7. The number of hydrogen-bond acceptors (Lipinski definition) is 3. The molecule has 0 fully saturated rings. The summed E-state index contributed by atoms with van der Waals surface area (Å²) in [5.74, 6) is 0.363. The van der Waals surface area contributed by atoms with Gasteiger partial charge in [-0.3, -0.25) is 9.55 Å². The second-order valence-corrected chi connectivity index (χ2v) is 22.1. The van der Waals surface area contributed by atoms with Crippen molar-refractivity contribution in [3.05, 3.63) is 192 Å². The smallest absolute Gasteiger partial charge is 0.148 e. The molecular formula is C65H66N3OPt-. The maximum absolute atomic E-state index is 12.8. The first-order valence-corrected chi connectivity index (χ1v) is 23.5. The summed E-state index contributed by atoms with van der Waals surface area (Å²) in [7, 11) is 0. The quantitative estimate of drug-likeness (QED) is 0.162. The maximum Gasteiger partial charge on any atom is 0.148 e. The molecule has 1 N–H and O–H groups in total. The zero-order valence-corrected chi connectivity index (χ0v) is 44.3. The monoisotopic (exact) mass is 1110 g/mol. The number of phenols is 1. The van der Waals surface area contributed by atoms with Crippen molar-refractivity contribution in [3.8, 4) is 78.6 Å². The average molecular weight is 1110 g/mol. The van der Waals surface area contributed by atoms with E-state index < -0.39 is 66.2 Å². The SMILES string of the molecule is [2H]c1nc(-c2[c-]c(-c3cccc4c3nc(-c3cc(C(C)(C)C)cc(C(C)(C)C)c3O)n4-c3cc(C([2H])([2H])[2H])c(-c4ccccc4)cc3-c3ccc(C(C)(C)C)cc3)cc(C(C)(C)C)c2)c([2H])c(-c2c([2H])c([2H])c([2H])c([2H])c2[2H])c1[2H].[Pt]. The van der Waals surface area contributed by atoms with Crippen LogP contribution < -0.4 is 0 Å². The molecule has 358 valence electrons. The molecule has 7 aromatic carbocycles. The zero-order chi connectivity index (χ0) is 58.7. The number of benzene rings is 7. The van der Waals surface area contributed by atoms with E-state index in [1.807, 2.05) is 119 Å². The van der Waals surface area contributed by atoms with Crippen molar-refractivity contribution < 1.29 is 41.3 Å². The van der Waals surface area contributed by atoms with E-state index in [2.05, 4.69) is 76.9 Å². The van der Waals surface area contributed by atoms with Gasteiger partial charge in [-0.05, 0) is 103 Å². The van der Waals surface area contributed by atoms with E-state index in [0.717, 1.165) is 27.8 Å². The molecule has 5 heteroatoms. The Labute approximate surface area is 446 Å². The molecule has 9 rings (SSSR count). The third-order valence-corrected chi connectivity index (χ3v) is 12.9. The number of hydrogen-bond donors (Lipinski definition) is 1. The Morgan fingerprint density at radius 3 is 1.84 bits per heavy atom. The first-order chi connectivity index (χ1) is 37.1. The second kappa shape index (κ2) is 18.8. The Balaban J connectivity index is 0.00000860. The van der Waals surface area contributed by atoms with Crippen LogP contribution in [0.1, 0.15) is 126 Å². The molecule has 0 bridgehead atoms. The predicted octanol–water partition coefficient (Wildman–Crippen LogP) is 17.4. The fourth-order valence-electron chi connectivity index (χ4n) is 8.78. The van der Waals surface area contributed by atoms with Gasteiger partial charge in [-0.25, -0.2) is 4.98 Å². The Morgan fingerprint density at radius 2 is 1.20 bits per heavy atom. The Bertz CT molecular complexity index is 3920. The molecule has 2 aromatic heterocycles. The number of rotatable bonds is 7. The Kier molecular flexibility index (Phi) is 10.0. The van der Waals surface area contributed by atoms with E-state index in [1.54, 1.807) is 12.1 Å². The standard InChI is InChI=1S/C65H66N3O.Pt/c1-41-33-58(53(40-52(41)43-23-18-15-19-24-43)44-27-29-48(30-28-44)62(2,3)4)68-57-26-20-25-51(59(57)67-61(68)54-38-50(64(8,9)10)39-55(60(54)69)65(11,12)13)46-34-47(36-49(35-46)63(5,6)7)56-37-45(31-32-66-56)42-21-16-14-17-22-42;/h14-33,35-40,69H,1-13H3;/q-1;/i1D3,14D,16D,17D,21D,22D,31D,32D,37D;. The molecule has 9 aromatic rings. The molecule has 4 nitrogen and oxygen atoms in total. The third kappa shape index (κ3) is 9.86. The molecule has 2 heterocycles. The minimum atomic E-state index is -2.59. The van der Waals surface area contributed by atoms with E-state index in [-0.39, 0.29) is 65.6 Å². The zero-order valence-electron chi connectivity index (χ0n) is 53.0. The van der Waals surface area contributed by atoms with Crippen molar-refractivity contribution in [2.75, 3.05) is 0 Å². The van der Waals surface area contributed by atoms with E-state index in [4.69, 9.17) is 18.7 Å². The van der Waals surface area contributed by atoms with Crippen molar-refractivity contribution in [1.82, 2.24) is 14.5 Å². The summed E-state index contributed by atoms with van der Waals surface area (Å²) in [6.07, 6.45) is -0.565. The van der Waals surface area contributed by atoms with Crippen LogP contribution in [0.2, 0.25) is 0 Å². The summed E-state index contributed by atoms with van der Waals surface area (Å²) >= 11 is 0. The second-order valence-electron chi connectivity index (χ2n) is 22.1. The number of nitrogens with zero attached hydrogens (tertiary/aromatic N) is 3. The summed E-state index contributed by atoms with van der Waals surface area (Å²) < 4.78 is 99.4. The first kappa shape index (κ1) is 37.5. The van der Waals surface area contributed by atoms with Crippen LogP contribution in [0.4, 0.5) is 0 Å². The number of phenolic OH excluding ortho intramolecular Hbond substituents is 1. The van der Waals surface area contributed by atoms with Crippen molar-refractivity contribution in [3.63, 3.8) is 0 Å². The van der Waals surface area contributed by atoms with Crippen LogP contribution in [0.25, 0.3) is 83.9 Å². The Hall–Kier alpha value is -6.35. The van der Waals surface area contributed by atoms with E-state index in [1.165, 1.54) is 0 Å². The van der Waals surface area contributed by atoms with E-state index in [9.17, 15) is 6.48 Å². The first-order valence-electron chi connectivity index (χ1n) is 29.0. The number of aryl methyl sites for hydroxylation is 1. The number of imidazole rings is 1. The van der Waals surface area contributed by atoms with Crippen LogP contribution in [-0.4, -0.2) is 19.6 Å². The molecule has 0 amide bonds. The molecule has 0 aliphatic carbocycles. The van der Waals surface area contributed by atoms with E-state index in [0.29, 0.717) is 55.9 Å². The summed E-state index contributed by atoms with van der Waals surface area (Å²) in [6.45, 7) is 22.4. The molecule has 0 spiro atoms. The molecular weight excluding hydrogens is 1030 g/mol. The number of aromatic hydroxyl groups is 1. The van der Waals surface area contributed by atoms with Crippen molar-refractivity contribution in [1.29, 1.82) is 0 Å². The molecule has 0 saturated heterocycles. The van der Waals surface area contributed by atoms with Gasteiger partial charge in [0.15, 0.2) is 0 Å². The third-order valence-electron chi connectivity index (χ3n) is 12.9. The van der Waals surface area contributed by atoms with Gasteiger partial charge in [0, 0.05) is 48.2 Å². The van der Waals surface area contributed by atoms with Gasteiger partial charge in [0.25, 0.3) is 0 Å². The number of pyridine rings is 1. The molecule has 0 unspecified atom stereocenters. The van der Waals surface area contributed by atoms with Crippen molar-refractivity contribution >= 4 is 11.0 Å². The van der Waals surface area contributed by atoms with Gasteiger partial charge in [0.1, 0.15) is 11.6 Å². The van der Waals surface area contributed by atoms with Gasteiger partial charge in [-0.15, -0.1) is 29.3 Å². The minimum absolute atomic E-state index is 0. The van der Waals surface area contributed by atoms with Gasteiger partial charge < -0.3 is 5.11 Å². The predicted molar refractivity (Wildman–Crippen MR) is 292 cm³/mol. The van der Waals surface area contributed by atoms with E-state index >= 15 is 0 Å². The summed E-state index contributed by atoms with van der Waals surface area (Å²) in [5.41, 5.74) is 7.31. The topological polar surface area (TPSA) is 50.9 Å². The van der Waals surface area contributed by atoms with Gasteiger partial charge in [-0.1, -0.05) is 203 Å².